The van der Waals surface area contributed by atoms with E-state index in [-0.39, 0.29) is 5.54 Å². The normalized spacial score (nSPS) is 24.5. The number of likely N-dealkylation sites (N-methyl/N-ethyl adjacent to an activating group) is 1. The first-order valence-corrected chi connectivity index (χ1v) is 7.29. The standard InChI is InChI=1S/C15H32N2O/c1-7-15(5,11-16-14(2,3)4)12-17(6)13-8-9-18-10-13/h13,16H,7-12H2,1-6H3. The minimum Gasteiger partial charge on any atom is -0.380 e. The molecule has 2 atom stereocenters. The van der Waals surface area contributed by atoms with Crippen LogP contribution in [0.3, 0.4) is 0 Å². The molecule has 1 heterocycles. The summed E-state index contributed by atoms with van der Waals surface area (Å²) in [6, 6.07) is 0.616. The summed E-state index contributed by atoms with van der Waals surface area (Å²) in [5.41, 5.74) is 0.538. The molecule has 18 heavy (non-hydrogen) atoms. The van der Waals surface area contributed by atoms with Crippen LogP contribution in [0.15, 0.2) is 0 Å². The highest BCUT2D eigenvalue weighted by molar-refractivity contribution is 4.85. The van der Waals surface area contributed by atoms with Gasteiger partial charge in [-0.1, -0.05) is 13.8 Å². The van der Waals surface area contributed by atoms with E-state index in [9.17, 15) is 0 Å². The molecule has 3 nitrogen and oxygen atoms in total. The van der Waals surface area contributed by atoms with Gasteiger partial charge in [-0.2, -0.15) is 0 Å². The molecule has 0 aliphatic carbocycles. The zero-order valence-corrected chi connectivity index (χ0v) is 13.2. The van der Waals surface area contributed by atoms with Crippen LogP contribution in [0, 0.1) is 5.41 Å². The summed E-state index contributed by atoms with van der Waals surface area (Å²) < 4.78 is 5.48. The Morgan fingerprint density at radius 3 is 2.39 bits per heavy atom. The van der Waals surface area contributed by atoms with E-state index in [1.807, 2.05) is 0 Å². The van der Waals surface area contributed by atoms with E-state index in [0.717, 1.165) is 26.3 Å². The monoisotopic (exact) mass is 256 g/mol. The molecule has 0 saturated carbocycles. The summed E-state index contributed by atoms with van der Waals surface area (Å²) in [4.78, 5) is 2.49. The van der Waals surface area contributed by atoms with Gasteiger partial charge in [0.2, 0.25) is 0 Å². The van der Waals surface area contributed by atoms with Gasteiger partial charge in [0.1, 0.15) is 0 Å². The molecule has 1 aliphatic rings. The van der Waals surface area contributed by atoms with Gasteiger partial charge in [-0.15, -0.1) is 0 Å². The summed E-state index contributed by atoms with van der Waals surface area (Å²) >= 11 is 0. The predicted octanol–water partition coefficient (Wildman–Crippen LogP) is 2.51. The fraction of sp³-hybridized carbons (Fsp3) is 1.00. The molecule has 0 amide bonds. The molecule has 1 N–H and O–H groups in total. The van der Waals surface area contributed by atoms with E-state index in [4.69, 9.17) is 4.74 Å². The summed E-state index contributed by atoms with van der Waals surface area (Å²) in [5.74, 6) is 0. The number of nitrogens with zero attached hydrogens (tertiary/aromatic N) is 1. The number of rotatable bonds is 6. The van der Waals surface area contributed by atoms with Crippen LogP contribution in [-0.4, -0.2) is 49.8 Å². The van der Waals surface area contributed by atoms with E-state index in [1.54, 1.807) is 0 Å². The van der Waals surface area contributed by atoms with Gasteiger partial charge in [0, 0.05) is 31.3 Å². The molecule has 1 fully saturated rings. The third kappa shape index (κ3) is 5.25. The molecule has 1 aliphatic heterocycles. The smallest absolute Gasteiger partial charge is 0.0622 e. The fourth-order valence-electron chi connectivity index (χ4n) is 2.37. The van der Waals surface area contributed by atoms with Crippen molar-refractivity contribution in [3.05, 3.63) is 0 Å². The molecular weight excluding hydrogens is 224 g/mol. The summed E-state index contributed by atoms with van der Waals surface area (Å²) in [5, 5.41) is 3.65. The topological polar surface area (TPSA) is 24.5 Å². The number of nitrogens with one attached hydrogen (secondary N) is 1. The van der Waals surface area contributed by atoms with Crippen LogP contribution in [0.2, 0.25) is 0 Å². The Hall–Kier alpha value is -0.120. The van der Waals surface area contributed by atoms with Gasteiger partial charge in [-0.05, 0) is 46.1 Å². The maximum Gasteiger partial charge on any atom is 0.0622 e. The van der Waals surface area contributed by atoms with Crippen molar-refractivity contribution in [2.75, 3.05) is 33.4 Å². The van der Waals surface area contributed by atoms with Crippen molar-refractivity contribution in [3.63, 3.8) is 0 Å². The molecule has 0 aromatic carbocycles. The van der Waals surface area contributed by atoms with Gasteiger partial charge >= 0.3 is 0 Å². The molecule has 0 radical (unpaired) electrons. The Kier molecular flexibility index (Phi) is 5.63. The van der Waals surface area contributed by atoms with Crippen molar-refractivity contribution in [2.45, 2.75) is 59.0 Å². The fourth-order valence-corrected chi connectivity index (χ4v) is 2.37. The Balaban J connectivity index is 2.47. The maximum atomic E-state index is 5.48. The quantitative estimate of drug-likeness (QED) is 0.790. The number of ether oxygens (including phenoxy) is 1. The van der Waals surface area contributed by atoms with E-state index in [1.165, 1.54) is 12.8 Å². The van der Waals surface area contributed by atoms with Gasteiger partial charge in [0.15, 0.2) is 0 Å². The Bertz CT molecular complexity index is 243. The van der Waals surface area contributed by atoms with Gasteiger partial charge in [0.05, 0.1) is 6.61 Å². The molecule has 108 valence electrons. The minimum atomic E-state index is 0.200. The zero-order valence-electron chi connectivity index (χ0n) is 13.2. The molecule has 0 bridgehead atoms. The molecule has 3 heteroatoms. The Morgan fingerprint density at radius 1 is 1.28 bits per heavy atom. The van der Waals surface area contributed by atoms with Gasteiger partial charge in [-0.3, -0.25) is 0 Å². The predicted molar refractivity (Wildman–Crippen MR) is 78.0 cm³/mol. The average molecular weight is 256 g/mol. The highest BCUT2D eigenvalue weighted by Crippen LogP contribution is 2.24. The van der Waals surface area contributed by atoms with Crippen LogP contribution in [0.25, 0.3) is 0 Å². The average Bonchev–Trinajstić information content (AvgIpc) is 2.79. The summed E-state index contributed by atoms with van der Waals surface area (Å²) in [6.07, 6.45) is 2.39. The molecular formula is C15H32N2O. The van der Waals surface area contributed by atoms with Crippen molar-refractivity contribution in [1.82, 2.24) is 10.2 Å². The van der Waals surface area contributed by atoms with E-state index in [2.05, 4.69) is 51.9 Å². The molecule has 0 spiro atoms. The van der Waals surface area contributed by atoms with Gasteiger partial charge in [0.25, 0.3) is 0 Å². The first-order chi connectivity index (χ1) is 8.26. The van der Waals surface area contributed by atoms with Crippen molar-refractivity contribution < 1.29 is 4.74 Å². The van der Waals surface area contributed by atoms with Crippen molar-refractivity contribution in [2.24, 2.45) is 5.41 Å². The van der Waals surface area contributed by atoms with Crippen molar-refractivity contribution >= 4 is 0 Å². The van der Waals surface area contributed by atoms with Crippen LogP contribution in [-0.2, 0) is 4.74 Å². The van der Waals surface area contributed by atoms with Crippen LogP contribution >= 0.6 is 0 Å². The lowest BCUT2D eigenvalue weighted by Crippen LogP contribution is -2.48. The third-order valence-corrected chi connectivity index (χ3v) is 4.06. The summed E-state index contributed by atoms with van der Waals surface area (Å²) in [6.45, 7) is 15.4. The van der Waals surface area contributed by atoms with Crippen LogP contribution in [0.5, 0.6) is 0 Å². The Morgan fingerprint density at radius 2 is 1.94 bits per heavy atom. The van der Waals surface area contributed by atoms with E-state index >= 15 is 0 Å². The molecule has 0 aromatic rings. The lowest BCUT2D eigenvalue weighted by molar-refractivity contribution is 0.114. The first-order valence-electron chi connectivity index (χ1n) is 7.29. The molecule has 1 rings (SSSR count). The summed E-state index contributed by atoms with van der Waals surface area (Å²) in [7, 11) is 2.24. The highest BCUT2D eigenvalue weighted by Gasteiger charge is 2.29. The molecule has 0 aromatic heterocycles. The van der Waals surface area contributed by atoms with Crippen LogP contribution < -0.4 is 5.32 Å². The third-order valence-electron chi connectivity index (χ3n) is 4.06. The Labute approximate surface area is 113 Å². The second-order valence-electron chi connectivity index (χ2n) is 7.20. The minimum absolute atomic E-state index is 0.200. The van der Waals surface area contributed by atoms with E-state index in [0.29, 0.717) is 11.5 Å². The second kappa shape index (κ2) is 6.36. The zero-order chi connectivity index (χ0) is 13.8. The highest BCUT2D eigenvalue weighted by atomic mass is 16.5. The lowest BCUT2D eigenvalue weighted by Gasteiger charge is -2.37. The SMILES string of the molecule is CCC(C)(CNC(C)(C)C)CN(C)C1CCOC1. The van der Waals surface area contributed by atoms with E-state index < -0.39 is 0 Å². The molecule has 2 unspecified atom stereocenters. The number of hydrogen-bond acceptors (Lipinski definition) is 3. The van der Waals surface area contributed by atoms with Crippen molar-refractivity contribution in [1.29, 1.82) is 0 Å². The van der Waals surface area contributed by atoms with Crippen LogP contribution in [0.4, 0.5) is 0 Å². The second-order valence-corrected chi connectivity index (χ2v) is 7.20. The number of hydrogen-bond donors (Lipinski definition) is 1. The molecule has 1 saturated heterocycles. The largest absolute Gasteiger partial charge is 0.380 e. The van der Waals surface area contributed by atoms with Crippen molar-refractivity contribution in [3.8, 4) is 0 Å². The first kappa shape index (κ1) is 15.9. The van der Waals surface area contributed by atoms with Gasteiger partial charge in [-0.25, -0.2) is 0 Å². The lowest BCUT2D eigenvalue weighted by atomic mass is 9.85. The van der Waals surface area contributed by atoms with Crippen LogP contribution in [0.1, 0.15) is 47.5 Å². The maximum absolute atomic E-state index is 5.48. The van der Waals surface area contributed by atoms with Gasteiger partial charge < -0.3 is 15.0 Å².